The van der Waals surface area contributed by atoms with Gasteiger partial charge in [0.1, 0.15) is 0 Å². The summed E-state index contributed by atoms with van der Waals surface area (Å²) >= 11 is 0. The average molecular weight is 386 g/mol. The lowest BCUT2D eigenvalue weighted by Gasteiger charge is -2.28. The Morgan fingerprint density at radius 1 is 0.931 bits per heavy atom. The standard InChI is InChI=1S/C21H18N6O2/c1-13-19(11-15-4-8-18(9-5-15)25-27-23)21(29)16(12-20(13)28)10-14-2-6-17(7-3-14)24-26-22/h2-11,13,20,28H,12H2,1H3. The van der Waals surface area contributed by atoms with Gasteiger partial charge in [0.15, 0.2) is 5.78 Å². The molecule has 0 spiro atoms. The van der Waals surface area contributed by atoms with Crippen LogP contribution in [0.1, 0.15) is 24.5 Å². The SMILES string of the molecule is CC1C(=Cc2ccc(N=[N+]=[N-])cc2)C(=O)C(=Cc2ccc(N=[N+]=[N-])cc2)CC1O. The Hall–Kier alpha value is -3.83. The van der Waals surface area contributed by atoms with Crippen molar-refractivity contribution in [1.82, 2.24) is 0 Å². The summed E-state index contributed by atoms with van der Waals surface area (Å²) in [6, 6.07) is 13.7. The van der Waals surface area contributed by atoms with Crippen molar-refractivity contribution in [2.45, 2.75) is 19.4 Å². The van der Waals surface area contributed by atoms with Crippen molar-refractivity contribution in [1.29, 1.82) is 0 Å². The normalized spacial score (nSPS) is 21.5. The Kier molecular flexibility index (Phi) is 6.12. The Balaban J connectivity index is 1.92. The van der Waals surface area contributed by atoms with Gasteiger partial charge in [0, 0.05) is 44.7 Å². The molecule has 0 aliphatic heterocycles. The van der Waals surface area contributed by atoms with E-state index in [1.807, 2.05) is 6.92 Å². The zero-order valence-electron chi connectivity index (χ0n) is 15.7. The lowest BCUT2D eigenvalue weighted by Crippen LogP contribution is -2.31. The van der Waals surface area contributed by atoms with Crippen LogP contribution in [-0.2, 0) is 4.79 Å². The lowest BCUT2D eigenvalue weighted by molar-refractivity contribution is -0.114. The number of aliphatic hydroxyl groups is 1. The van der Waals surface area contributed by atoms with Crippen molar-refractivity contribution in [2.75, 3.05) is 0 Å². The topological polar surface area (TPSA) is 135 Å². The van der Waals surface area contributed by atoms with Gasteiger partial charge >= 0.3 is 0 Å². The molecule has 8 nitrogen and oxygen atoms in total. The molecule has 3 rings (SSSR count). The van der Waals surface area contributed by atoms with Crippen LogP contribution in [0.5, 0.6) is 0 Å². The highest BCUT2D eigenvalue weighted by molar-refractivity contribution is 6.14. The summed E-state index contributed by atoms with van der Waals surface area (Å²) in [4.78, 5) is 18.5. The van der Waals surface area contributed by atoms with Crippen molar-refractivity contribution in [3.63, 3.8) is 0 Å². The Labute approximate surface area is 167 Å². The van der Waals surface area contributed by atoms with E-state index in [0.717, 1.165) is 11.1 Å². The molecule has 2 atom stereocenters. The fourth-order valence-electron chi connectivity index (χ4n) is 3.17. The van der Waals surface area contributed by atoms with E-state index in [2.05, 4.69) is 20.1 Å². The maximum absolute atomic E-state index is 13.0. The van der Waals surface area contributed by atoms with Gasteiger partial charge < -0.3 is 5.11 Å². The zero-order valence-corrected chi connectivity index (χ0v) is 15.7. The number of azide groups is 2. The van der Waals surface area contributed by atoms with Crippen LogP contribution in [0.2, 0.25) is 0 Å². The highest BCUT2D eigenvalue weighted by Crippen LogP contribution is 2.33. The first kappa shape index (κ1) is 19.9. The number of rotatable bonds is 4. The minimum absolute atomic E-state index is 0.110. The molecule has 0 bridgehead atoms. The van der Waals surface area contributed by atoms with E-state index < -0.39 is 6.10 Å². The molecule has 0 saturated heterocycles. The minimum atomic E-state index is -0.671. The quantitative estimate of drug-likeness (QED) is 0.298. The van der Waals surface area contributed by atoms with Gasteiger partial charge in [0.05, 0.1) is 6.10 Å². The molecule has 1 aliphatic carbocycles. The van der Waals surface area contributed by atoms with Gasteiger partial charge in [-0.3, -0.25) is 4.79 Å². The summed E-state index contributed by atoms with van der Waals surface area (Å²) in [5.41, 5.74) is 20.5. The molecule has 1 aliphatic rings. The largest absolute Gasteiger partial charge is 0.392 e. The highest BCUT2D eigenvalue weighted by atomic mass is 16.3. The van der Waals surface area contributed by atoms with Crippen molar-refractivity contribution in [2.24, 2.45) is 16.1 Å². The number of nitrogens with zero attached hydrogens (tertiary/aromatic N) is 6. The van der Waals surface area contributed by atoms with Gasteiger partial charge in [-0.2, -0.15) is 0 Å². The molecule has 0 radical (unpaired) electrons. The van der Waals surface area contributed by atoms with Gasteiger partial charge in [-0.05, 0) is 34.3 Å². The molecular weight excluding hydrogens is 368 g/mol. The predicted octanol–water partition coefficient (Wildman–Crippen LogP) is 6.01. The number of hydrogen-bond acceptors (Lipinski definition) is 4. The minimum Gasteiger partial charge on any atom is -0.392 e. The molecule has 1 fully saturated rings. The van der Waals surface area contributed by atoms with Gasteiger partial charge in [0.2, 0.25) is 0 Å². The van der Waals surface area contributed by atoms with Crippen LogP contribution in [0.25, 0.3) is 33.0 Å². The summed E-state index contributed by atoms with van der Waals surface area (Å²) in [5, 5.41) is 17.5. The number of Topliss-reactive ketones (excluding diaryl/α,β-unsaturated/α-hetero) is 1. The van der Waals surface area contributed by atoms with Gasteiger partial charge in [-0.25, -0.2) is 0 Å². The molecule has 2 unspecified atom stereocenters. The van der Waals surface area contributed by atoms with Crippen LogP contribution in [0.15, 0.2) is 69.9 Å². The maximum Gasteiger partial charge on any atom is 0.185 e. The lowest BCUT2D eigenvalue weighted by atomic mass is 9.78. The van der Waals surface area contributed by atoms with Crippen LogP contribution in [-0.4, -0.2) is 17.0 Å². The first-order valence-electron chi connectivity index (χ1n) is 8.97. The van der Waals surface area contributed by atoms with E-state index in [4.69, 9.17) is 11.1 Å². The Morgan fingerprint density at radius 3 is 1.90 bits per heavy atom. The molecule has 1 N–H and O–H groups in total. The van der Waals surface area contributed by atoms with Crippen molar-refractivity contribution < 1.29 is 9.90 Å². The summed E-state index contributed by atoms with van der Waals surface area (Å²) in [7, 11) is 0. The summed E-state index contributed by atoms with van der Waals surface area (Å²) < 4.78 is 0. The molecule has 144 valence electrons. The smallest absolute Gasteiger partial charge is 0.185 e. The predicted molar refractivity (Wildman–Crippen MR) is 111 cm³/mol. The maximum atomic E-state index is 13.0. The molecular formula is C21H18N6O2. The van der Waals surface area contributed by atoms with Crippen LogP contribution in [0, 0.1) is 5.92 Å². The van der Waals surface area contributed by atoms with Crippen LogP contribution < -0.4 is 0 Å². The number of aliphatic hydroxyl groups excluding tert-OH is 1. The van der Waals surface area contributed by atoms with Gasteiger partial charge in [-0.15, -0.1) is 0 Å². The summed E-state index contributed by atoms with van der Waals surface area (Å²) in [6.45, 7) is 1.83. The number of carbonyl (C=O) groups excluding carboxylic acids is 1. The van der Waals surface area contributed by atoms with Gasteiger partial charge in [-0.1, -0.05) is 65.7 Å². The number of hydrogen-bond donors (Lipinski definition) is 1. The van der Waals surface area contributed by atoms with Crippen molar-refractivity contribution >= 4 is 29.3 Å². The first-order chi connectivity index (χ1) is 14.0. The summed E-state index contributed by atoms with van der Waals surface area (Å²) in [5.74, 6) is -0.412. The molecule has 0 aromatic heterocycles. The van der Waals surface area contributed by atoms with E-state index in [9.17, 15) is 9.90 Å². The van der Waals surface area contributed by atoms with Crippen LogP contribution in [0.3, 0.4) is 0 Å². The average Bonchev–Trinajstić information content (AvgIpc) is 2.72. The van der Waals surface area contributed by atoms with E-state index in [1.54, 1.807) is 60.7 Å². The van der Waals surface area contributed by atoms with Crippen molar-refractivity contribution in [3.05, 3.63) is 91.7 Å². The number of benzene rings is 2. The molecule has 0 heterocycles. The molecule has 1 saturated carbocycles. The van der Waals surface area contributed by atoms with Gasteiger partial charge in [0.25, 0.3) is 0 Å². The third-order valence-electron chi connectivity index (χ3n) is 4.82. The molecule has 29 heavy (non-hydrogen) atoms. The first-order valence-corrected chi connectivity index (χ1v) is 8.97. The molecule has 2 aromatic rings. The fraction of sp³-hybridized carbons (Fsp3) is 0.190. The van der Waals surface area contributed by atoms with Crippen LogP contribution >= 0.6 is 0 Å². The van der Waals surface area contributed by atoms with E-state index in [0.29, 0.717) is 22.5 Å². The zero-order chi connectivity index (χ0) is 20.8. The second kappa shape index (κ2) is 8.91. The molecule has 8 heteroatoms. The summed E-state index contributed by atoms with van der Waals surface area (Å²) in [6.07, 6.45) is 3.10. The third kappa shape index (κ3) is 4.72. The van der Waals surface area contributed by atoms with Crippen molar-refractivity contribution in [3.8, 4) is 0 Å². The molecule has 0 amide bonds. The van der Waals surface area contributed by atoms with Crippen LogP contribution in [0.4, 0.5) is 11.4 Å². The Bertz CT molecular complexity index is 1070. The van der Waals surface area contributed by atoms with E-state index >= 15 is 0 Å². The highest BCUT2D eigenvalue weighted by Gasteiger charge is 2.32. The third-order valence-corrected chi connectivity index (χ3v) is 4.82. The van der Waals surface area contributed by atoms with E-state index in [-0.39, 0.29) is 18.1 Å². The Morgan fingerprint density at radius 2 is 1.41 bits per heavy atom. The fourth-order valence-corrected chi connectivity index (χ4v) is 3.17. The van der Waals surface area contributed by atoms with E-state index in [1.165, 1.54) is 0 Å². The number of carbonyl (C=O) groups is 1. The monoisotopic (exact) mass is 386 g/mol. The second-order valence-electron chi connectivity index (χ2n) is 6.72. The second-order valence-corrected chi connectivity index (χ2v) is 6.72. The molecule has 2 aromatic carbocycles. The number of ketones is 1.